The predicted octanol–water partition coefficient (Wildman–Crippen LogP) is -3.55. The molecule has 2 amide bonds. The molecule has 0 aromatic carbocycles. The van der Waals surface area contributed by atoms with Gasteiger partial charge in [-0.1, -0.05) is 0 Å². The fourth-order valence-electron chi connectivity index (χ4n) is 4.35. The lowest BCUT2D eigenvalue weighted by Gasteiger charge is -2.41. The zero-order valence-corrected chi connectivity index (χ0v) is 20.8. The molecule has 7 N–H and O–H groups in total. The Labute approximate surface area is 212 Å². The van der Waals surface area contributed by atoms with E-state index in [2.05, 4.69) is 0 Å². The van der Waals surface area contributed by atoms with Gasteiger partial charge in [0.05, 0.1) is 24.9 Å². The van der Waals surface area contributed by atoms with Crippen LogP contribution in [-0.4, -0.2) is 134 Å². The van der Waals surface area contributed by atoms with E-state index in [1.54, 1.807) is 0 Å². The molecule has 0 aromatic heterocycles. The summed E-state index contributed by atoms with van der Waals surface area (Å²) in [5.74, 6) is -3.86. The molecule has 0 unspecified atom stereocenters. The number of aliphatic carboxylic acids is 1. The molecule has 10 atom stereocenters. The second-order valence-electron chi connectivity index (χ2n) is 9.08. The van der Waals surface area contributed by atoms with Crippen LogP contribution in [0.3, 0.4) is 0 Å². The van der Waals surface area contributed by atoms with Gasteiger partial charge in [-0.2, -0.15) is 0 Å². The molecule has 2 aliphatic rings. The second kappa shape index (κ2) is 13.5. The quantitative estimate of drug-likeness (QED) is 0.127. The molecule has 2 aliphatic heterocycles. The smallest absolute Gasteiger partial charge is 0.326 e. The molecule has 2 heterocycles. The van der Waals surface area contributed by atoms with Crippen LogP contribution in [0, 0.1) is 0 Å². The van der Waals surface area contributed by atoms with Crippen LogP contribution < -0.4 is 5.32 Å². The Kier molecular flexibility index (Phi) is 11.3. The topological polar surface area (TPSA) is 233 Å². The minimum Gasteiger partial charge on any atom is -0.481 e. The maximum atomic E-state index is 12.9. The monoisotopic (exact) mass is 536 g/mol. The van der Waals surface area contributed by atoms with Crippen molar-refractivity contribution in [3.8, 4) is 0 Å². The van der Waals surface area contributed by atoms with Crippen molar-refractivity contribution in [2.45, 2.75) is 101 Å². The van der Waals surface area contributed by atoms with Crippen molar-refractivity contribution in [2.24, 2.45) is 0 Å². The molecule has 0 aromatic rings. The number of aliphatic hydroxyl groups is 5. The van der Waals surface area contributed by atoms with Crippen molar-refractivity contribution in [1.29, 1.82) is 0 Å². The van der Waals surface area contributed by atoms with Crippen LogP contribution in [0.5, 0.6) is 0 Å². The average Bonchev–Trinajstić information content (AvgIpc) is 3.09. The molecule has 2 fully saturated rings. The van der Waals surface area contributed by atoms with E-state index >= 15 is 0 Å². The number of carbonyl (C=O) groups excluding carboxylic acids is 3. The molecule has 37 heavy (non-hydrogen) atoms. The third kappa shape index (κ3) is 7.64. The fourth-order valence-corrected chi connectivity index (χ4v) is 4.35. The molecule has 15 heteroatoms. The van der Waals surface area contributed by atoms with E-state index in [0.717, 1.165) is 4.90 Å². The van der Waals surface area contributed by atoms with E-state index in [1.165, 1.54) is 20.8 Å². The number of carboxylic acids is 1. The van der Waals surface area contributed by atoms with Gasteiger partial charge in [0.25, 0.3) is 0 Å². The number of carboxylic acid groups (broad SMARTS) is 1. The van der Waals surface area contributed by atoms with Gasteiger partial charge < -0.3 is 44.8 Å². The zero-order valence-electron chi connectivity index (χ0n) is 20.8. The number of β-amino-alcohol motifs (C(OH)–C–C–N with tert-alkyl or cyclic N) is 1. The third-order valence-electron chi connectivity index (χ3n) is 6.29. The third-order valence-corrected chi connectivity index (χ3v) is 6.29. The van der Waals surface area contributed by atoms with Crippen LogP contribution in [0.1, 0.15) is 40.0 Å². The van der Waals surface area contributed by atoms with Crippen LogP contribution in [-0.2, 0) is 33.4 Å². The van der Waals surface area contributed by atoms with Gasteiger partial charge >= 0.3 is 11.9 Å². The van der Waals surface area contributed by atoms with Crippen LogP contribution in [0.2, 0.25) is 0 Å². The molecule has 15 nitrogen and oxygen atoms in total. The average molecular weight is 537 g/mol. The lowest BCUT2D eigenvalue weighted by atomic mass is 10.00. The highest BCUT2D eigenvalue weighted by Gasteiger charge is 2.52. The summed E-state index contributed by atoms with van der Waals surface area (Å²) in [6.45, 7) is 3.88. The Morgan fingerprint density at radius 3 is 2.27 bits per heavy atom. The van der Waals surface area contributed by atoms with Crippen LogP contribution in [0.15, 0.2) is 0 Å². The minimum atomic E-state index is -1.70. The second-order valence-corrected chi connectivity index (χ2v) is 9.08. The first-order valence-electron chi connectivity index (χ1n) is 12.0. The summed E-state index contributed by atoms with van der Waals surface area (Å²) < 4.78 is 16.2. The molecular weight excluding hydrogens is 500 g/mol. The van der Waals surface area contributed by atoms with Crippen LogP contribution >= 0.6 is 0 Å². The molecule has 0 aliphatic carbocycles. The number of imide groups is 1. The van der Waals surface area contributed by atoms with E-state index in [1.807, 2.05) is 5.32 Å². The Morgan fingerprint density at radius 2 is 1.68 bits per heavy atom. The van der Waals surface area contributed by atoms with E-state index in [9.17, 15) is 44.7 Å². The number of nitrogens with one attached hydrogen (secondary N) is 1. The maximum absolute atomic E-state index is 12.9. The van der Waals surface area contributed by atoms with E-state index in [4.69, 9.17) is 19.3 Å². The first-order chi connectivity index (χ1) is 17.3. The normalized spacial score (nSPS) is 33.9. The van der Waals surface area contributed by atoms with Gasteiger partial charge in [0.15, 0.2) is 6.29 Å². The van der Waals surface area contributed by atoms with Gasteiger partial charge in [-0.3, -0.25) is 29.4 Å². The highest BCUT2D eigenvalue weighted by molar-refractivity contribution is 5.98. The molecule has 2 saturated heterocycles. The van der Waals surface area contributed by atoms with Gasteiger partial charge in [-0.05, 0) is 27.2 Å². The number of carbonyl (C=O) groups is 4. The standard InChI is InChI=1S/C22H36N2O13/c1-4-35-21(34)14(9(2)36-22-19(32)18(31)16(29)10(3)37-22)24-8-11(25)17(30)15(24)20(33)23-12(26)6-5-7-13(27)28/h9-11,14-19,22,25,29-32H,4-8H2,1-3H3,(H,27,28)(H,23,26,33)/t9-,10+,11-,14+,15-,16-,17-,18-,19+,22-/m1/s1. The Balaban J connectivity index is 2.24. The molecule has 0 radical (unpaired) electrons. The summed E-state index contributed by atoms with van der Waals surface area (Å²) in [7, 11) is 0. The lowest BCUT2D eigenvalue weighted by Crippen LogP contribution is -2.61. The largest absolute Gasteiger partial charge is 0.481 e. The van der Waals surface area contributed by atoms with Crippen molar-refractivity contribution in [1.82, 2.24) is 10.2 Å². The van der Waals surface area contributed by atoms with Crippen LogP contribution in [0.4, 0.5) is 0 Å². The van der Waals surface area contributed by atoms with Crippen molar-refractivity contribution < 1.29 is 64.0 Å². The number of amides is 2. The maximum Gasteiger partial charge on any atom is 0.326 e. The van der Waals surface area contributed by atoms with Crippen molar-refractivity contribution in [2.75, 3.05) is 13.2 Å². The number of esters is 1. The summed E-state index contributed by atoms with van der Waals surface area (Å²) in [4.78, 5) is 49.7. The number of likely N-dealkylation sites (tertiary alicyclic amines) is 1. The molecule has 0 bridgehead atoms. The Morgan fingerprint density at radius 1 is 1.03 bits per heavy atom. The summed E-state index contributed by atoms with van der Waals surface area (Å²) in [5, 5.41) is 61.8. The van der Waals surface area contributed by atoms with E-state index < -0.39 is 91.4 Å². The summed E-state index contributed by atoms with van der Waals surface area (Å²) in [6.07, 6.45) is -12.1. The van der Waals surface area contributed by atoms with E-state index in [0.29, 0.717) is 0 Å². The number of aliphatic hydroxyl groups excluding tert-OH is 5. The molecule has 0 spiro atoms. The lowest BCUT2D eigenvalue weighted by molar-refractivity contribution is -0.306. The minimum absolute atomic E-state index is 0.0347. The van der Waals surface area contributed by atoms with Gasteiger partial charge in [0.2, 0.25) is 11.8 Å². The number of ether oxygens (including phenoxy) is 3. The number of hydrogen-bond donors (Lipinski definition) is 7. The molecule has 0 saturated carbocycles. The first-order valence-corrected chi connectivity index (χ1v) is 12.0. The zero-order chi connectivity index (χ0) is 28.0. The summed E-state index contributed by atoms with van der Waals surface area (Å²) in [5.41, 5.74) is 0. The van der Waals surface area contributed by atoms with Crippen molar-refractivity contribution >= 4 is 23.8 Å². The van der Waals surface area contributed by atoms with Gasteiger partial charge in [0, 0.05) is 19.4 Å². The van der Waals surface area contributed by atoms with Gasteiger partial charge in [0.1, 0.15) is 36.5 Å². The number of rotatable bonds is 11. The Bertz CT molecular complexity index is 826. The van der Waals surface area contributed by atoms with Gasteiger partial charge in [-0.25, -0.2) is 0 Å². The summed E-state index contributed by atoms with van der Waals surface area (Å²) in [6, 6.07) is -3.04. The number of hydrogen-bond acceptors (Lipinski definition) is 13. The van der Waals surface area contributed by atoms with E-state index in [-0.39, 0.29) is 25.9 Å². The predicted molar refractivity (Wildman–Crippen MR) is 120 cm³/mol. The highest BCUT2D eigenvalue weighted by Crippen LogP contribution is 2.28. The van der Waals surface area contributed by atoms with Crippen molar-refractivity contribution in [3.05, 3.63) is 0 Å². The first kappa shape index (κ1) is 31.0. The van der Waals surface area contributed by atoms with Crippen LogP contribution in [0.25, 0.3) is 0 Å². The van der Waals surface area contributed by atoms with Gasteiger partial charge in [-0.15, -0.1) is 0 Å². The molecular formula is C22H36N2O13. The highest BCUT2D eigenvalue weighted by atomic mass is 16.7. The SMILES string of the molecule is CCOC(=O)[C@H]([C@@H](C)O[C@@H]1O[C@@H](C)[C@@H](O)[C@@H](O)[C@@H]1O)N1C[C@@H](O)[C@@H](O)[C@@H]1C(=O)NC(=O)CCCC(=O)O. The Hall–Kier alpha value is -2.24. The molecule has 2 rings (SSSR count). The number of nitrogens with zero attached hydrogens (tertiary/aromatic N) is 1. The summed E-state index contributed by atoms with van der Waals surface area (Å²) >= 11 is 0. The molecule has 212 valence electrons. The fraction of sp³-hybridized carbons (Fsp3) is 0.818. The van der Waals surface area contributed by atoms with Crippen molar-refractivity contribution in [3.63, 3.8) is 0 Å².